The molecular formula is C8H9F3N2O4. The zero-order chi connectivity index (χ0) is 13.6. The number of hydrogen-bond acceptors (Lipinski definition) is 4. The van der Waals surface area contributed by atoms with Crippen LogP contribution in [0.5, 0.6) is 0 Å². The summed E-state index contributed by atoms with van der Waals surface area (Å²) in [6, 6.07) is 1.51. The van der Waals surface area contributed by atoms with Crippen molar-refractivity contribution in [3.8, 4) is 6.07 Å². The average Bonchev–Trinajstić information content (AvgIpc) is 2.65. The molecule has 1 rings (SSSR count). The Morgan fingerprint density at radius 2 is 1.82 bits per heavy atom. The van der Waals surface area contributed by atoms with Crippen LogP contribution in [0.15, 0.2) is 0 Å². The summed E-state index contributed by atoms with van der Waals surface area (Å²) in [6.45, 7) is 0.507. The molecule has 0 unspecified atom stereocenters. The molecule has 0 bridgehead atoms. The molecule has 0 amide bonds. The Labute approximate surface area is 93.6 Å². The molecule has 2 atom stereocenters. The molecule has 1 heterocycles. The maximum atomic E-state index is 10.6. The first-order chi connectivity index (χ1) is 7.68. The van der Waals surface area contributed by atoms with Gasteiger partial charge in [-0.3, -0.25) is 4.79 Å². The molecule has 9 heteroatoms. The van der Waals surface area contributed by atoms with Crippen LogP contribution < -0.4 is 5.32 Å². The number of hydrogen-bond donors (Lipinski definition) is 3. The Morgan fingerprint density at radius 1 is 1.35 bits per heavy atom. The smallest absolute Gasteiger partial charge is 0.480 e. The fourth-order valence-electron chi connectivity index (χ4n) is 1.02. The number of carboxylic acid groups (broad SMARTS) is 2. The van der Waals surface area contributed by atoms with E-state index in [0.717, 1.165) is 0 Å². The van der Waals surface area contributed by atoms with Crippen LogP contribution in [0.1, 0.15) is 6.42 Å². The molecule has 3 N–H and O–H groups in total. The lowest BCUT2D eigenvalue weighted by atomic mass is 10.1. The summed E-state index contributed by atoms with van der Waals surface area (Å²) < 4.78 is 31.7. The van der Waals surface area contributed by atoms with E-state index in [4.69, 9.17) is 20.3 Å². The maximum Gasteiger partial charge on any atom is 0.490 e. The molecule has 17 heavy (non-hydrogen) atoms. The van der Waals surface area contributed by atoms with Gasteiger partial charge in [-0.1, -0.05) is 0 Å². The molecule has 1 aliphatic rings. The Morgan fingerprint density at radius 3 is 2.00 bits per heavy atom. The Balaban J connectivity index is 0.000000325. The van der Waals surface area contributed by atoms with Crippen molar-refractivity contribution in [2.45, 2.75) is 18.6 Å². The van der Waals surface area contributed by atoms with E-state index in [1.165, 1.54) is 0 Å². The fraction of sp³-hybridized carbons (Fsp3) is 0.625. The Hall–Kier alpha value is -1.82. The van der Waals surface area contributed by atoms with Crippen LogP contribution in [0.2, 0.25) is 0 Å². The van der Waals surface area contributed by atoms with Crippen LogP contribution in [0.25, 0.3) is 0 Å². The lowest BCUT2D eigenvalue weighted by Crippen LogP contribution is -2.29. The molecule has 96 valence electrons. The second-order valence-electron chi connectivity index (χ2n) is 3.16. The largest absolute Gasteiger partial charge is 0.490 e. The van der Waals surface area contributed by atoms with Gasteiger partial charge in [0.1, 0.15) is 6.04 Å². The third-order valence-corrected chi connectivity index (χ3v) is 1.85. The number of carboxylic acids is 2. The SMILES string of the molecule is N#C[C@@H]1CN[C@H](C(=O)O)C1.O=C(O)C(F)(F)F. The minimum Gasteiger partial charge on any atom is -0.480 e. The first-order valence-corrected chi connectivity index (χ1v) is 4.34. The molecule has 0 aromatic rings. The van der Waals surface area contributed by atoms with Gasteiger partial charge >= 0.3 is 18.1 Å². The zero-order valence-electron chi connectivity index (χ0n) is 8.36. The first kappa shape index (κ1) is 15.2. The highest BCUT2D eigenvalue weighted by molar-refractivity contribution is 5.74. The molecule has 1 fully saturated rings. The summed E-state index contributed by atoms with van der Waals surface area (Å²) in [5, 5.41) is 26.7. The number of alkyl halides is 3. The van der Waals surface area contributed by atoms with Crippen LogP contribution in [0.3, 0.4) is 0 Å². The van der Waals surface area contributed by atoms with E-state index in [-0.39, 0.29) is 5.92 Å². The third-order valence-electron chi connectivity index (χ3n) is 1.85. The minimum atomic E-state index is -5.08. The van der Waals surface area contributed by atoms with Crippen LogP contribution in [0, 0.1) is 17.2 Å². The summed E-state index contributed by atoms with van der Waals surface area (Å²) in [5.74, 6) is -3.74. The molecule has 1 saturated heterocycles. The number of halogens is 3. The predicted octanol–water partition coefficient (Wildman–Crippen LogP) is 0.206. The maximum absolute atomic E-state index is 10.6. The molecule has 0 saturated carbocycles. The van der Waals surface area contributed by atoms with Crippen molar-refractivity contribution >= 4 is 11.9 Å². The predicted molar refractivity (Wildman–Crippen MR) is 46.8 cm³/mol. The molecule has 6 nitrogen and oxygen atoms in total. The van der Waals surface area contributed by atoms with E-state index >= 15 is 0 Å². The normalized spacial score (nSPS) is 23.2. The highest BCUT2D eigenvalue weighted by Crippen LogP contribution is 2.13. The number of carbonyl (C=O) groups is 2. The van der Waals surface area contributed by atoms with Crippen LogP contribution in [-0.2, 0) is 9.59 Å². The van der Waals surface area contributed by atoms with Crippen molar-refractivity contribution in [2.75, 3.05) is 6.54 Å². The van der Waals surface area contributed by atoms with Crippen LogP contribution in [-0.4, -0.2) is 40.9 Å². The Bertz CT molecular complexity index is 337. The number of rotatable bonds is 1. The number of nitriles is 1. The van der Waals surface area contributed by atoms with E-state index < -0.39 is 24.2 Å². The quantitative estimate of drug-likeness (QED) is 0.616. The third kappa shape index (κ3) is 5.72. The van der Waals surface area contributed by atoms with Gasteiger partial charge in [0.25, 0.3) is 0 Å². The van der Waals surface area contributed by atoms with Gasteiger partial charge in [-0.15, -0.1) is 0 Å². The summed E-state index contributed by atoms with van der Waals surface area (Å²) >= 11 is 0. The van der Waals surface area contributed by atoms with E-state index in [1.54, 1.807) is 0 Å². The van der Waals surface area contributed by atoms with Gasteiger partial charge in [-0.2, -0.15) is 18.4 Å². The van der Waals surface area contributed by atoms with Gasteiger partial charge in [-0.25, -0.2) is 4.79 Å². The molecule has 1 aliphatic heterocycles. The molecular weight excluding hydrogens is 245 g/mol. The molecule has 0 radical (unpaired) electrons. The highest BCUT2D eigenvalue weighted by atomic mass is 19.4. The number of nitrogens with zero attached hydrogens (tertiary/aromatic N) is 1. The summed E-state index contributed by atoms with van der Waals surface area (Å²) in [4.78, 5) is 19.2. The summed E-state index contributed by atoms with van der Waals surface area (Å²) in [5.41, 5.74) is 0. The molecule has 0 aromatic carbocycles. The van der Waals surface area contributed by atoms with Crippen molar-refractivity contribution in [3.05, 3.63) is 0 Å². The van der Waals surface area contributed by atoms with Crippen molar-refractivity contribution in [1.29, 1.82) is 5.26 Å². The fourth-order valence-corrected chi connectivity index (χ4v) is 1.02. The Kier molecular flexibility index (Phi) is 5.40. The summed E-state index contributed by atoms with van der Waals surface area (Å²) in [7, 11) is 0. The summed E-state index contributed by atoms with van der Waals surface area (Å²) in [6.07, 6.45) is -4.65. The van der Waals surface area contributed by atoms with Gasteiger partial charge in [-0.05, 0) is 6.42 Å². The monoisotopic (exact) mass is 254 g/mol. The van der Waals surface area contributed by atoms with Gasteiger partial charge < -0.3 is 15.5 Å². The number of aliphatic carboxylic acids is 2. The van der Waals surface area contributed by atoms with Crippen LogP contribution >= 0.6 is 0 Å². The van der Waals surface area contributed by atoms with E-state index in [9.17, 15) is 18.0 Å². The first-order valence-electron chi connectivity index (χ1n) is 4.34. The topological polar surface area (TPSA) is 110 Å². The van der Waals surface area contributed by atoms with Gasteiger partial charge in [0.15, 0.2) is 0 Å². The zero-order valence-corrected chi connectivity index (χ0v) is 8.36. The van der Waals surface area contributed by atoms with Crippen molar-refractivity contribution in [2.24, 2.45) is 5.92 Å². The van der Waals surface area contributed by atoms with E-state index in [1.807, 2.05) is 6.07 Å². The lowest BCUT2D eigenvalue weighted by molar-refractivity contribution is -0.192. The average molecular weight is 254 g/mol. The van der Waals surface area contributed by atoms with Crippen molar-refractivity contribution in [3.63, 3.8) is 0 Å². The van der Waals surface area contributed by atoms with E-state index in [0.29, 0.717) is 13.0 Å². The van der Waals surface area contributed by atoms with Gasteiger partial charge in [0.05, 0.1) is 12.0 Å². The standard InChI is InChI=1S/C6H8N2O2.C2HF3O2/c7-2-4-1-5(6(9)10)8-3-4;3-2(4,5)1(6)7/h4-5,8H,1,3H2,(H,9,10);(H,6,7)/t4-,5+;/m1./s1. The second kappa shape index (κ2) is 6.05. The van der Waals surface area contributed by atoms with Gasteiger partial charge in [0, 0.05) is 6.54 Å². The molecule has 0 spiro atoms. The van der Waals surface area contributed by atoms with E-state index in [2.05, 4.69) is 5.32 Å². The van der Waals surface area contributed by atoms with Crippen molar-refractivity contribution < 1.29 is 33.0 Å². The van der Waals surface area contributed by atoms with Crippen LogP contribution in [0.4, 0.5) is 13.2 Å². The lowest BCUT2D eigenvalue weighted by Gasteiger charge is -1.99. The van der Waals surface area contributed by atoms with Gasteiger partial charge in [0.2, 0.25) is 0 Å². The number of nitrogens with one attached hydrogen (secondary N) is 1. The second-order valence-corrected chi connectivity index (χ2v) is 3.16. The molecule has 0 aromatic heterocycles. The minimum absolute atomic E-state index is 0.124. The van der Waals surface area contributed by atoms with Crippen molar-refractivity contribution in [1.82, 2.24) is 5.32 Å². The molecule has 0 aliphatic carbocycles. The highest BCUT2D eigenvalue weighted by Gasteiger charge is 2.38.